The van der Waals surface area contributed by atoms with E-state index in [1.54, 1.807) is 0 Å². The lowest BCUT2D eigenvalue weighted by Gasteiger charge is -2.23. The zero-order valence-electron chi connectivity index (χ0n) is 11.1. The van der Waals surface area contributed by atoms with Crippen molar-refractivity contribution in [3.63, 3.8) is 0 Å². The average molecular weight is 249 g/mol. The molecular weight excluding hydrogens is 226 g/mol. The standard InChI is InChI=1S/C15H23NS/c1-5-11-17-15-10-8-7-9-14(15)16-13(6-2)12(3)4/h5,7-10,12-13,16H,1,6,11H2,2-4H3. The lowest BCUT2D eigenvalue weighted by atomic mass is 10.0. The molecule has 1 N–H and O–H groups in total. The van der Waals surface area contributed by atoms with Crippen molar-refractivity contribution in [1.82, 2.24) is 0 Å². The van der Waals surface area contributed by atoms with Crippen LogP contribution < -0.4 is 5.32 Å². The van der Waals surface area contributed by atoms with Gasteiger partial charge in [0, 0.05) is 22.4 Å². The molecule has 0 aliphatic carbocycles. The summed E-state index contributed by atoms with van der Waals surface area (Å²) in [5.41, 5.74) is 1.25. The second-order valence-corrected chi connectivity index (χ2v) is 5.56. The topological polar surface area (TPSA) is 12.0 Å². The fraction of sp³-hybridized carbons (Fsp3) is 0.467. The van der Waals surface area contributed by atoms with Crippen LogP contribution in [0.15, 0.2) is 41.8 Å². The van der Waals surface area contributed by atoms with Crippen LogP contribution in [0.4, 0.5) is 5.69 Å². The van der Waals surface area contributed by atoms with Crippen molar-refractivity contribution in [2.45, 2.75) is 38.1 Å². The summed E-state index contributed by atoms with van der Waals surface area (Å²) in [6.45, 7) is 10.5. The van der Waals surface area contributed by atoms with Gasteiger partial charge in [0.2, 0.25) is 0 Å². The fourth-order valence-electron chi connectivity index (χ4n) is 1.80. The first-order valence-corrected chi connectivity index (χ1v) is 7.26. The number of para-hydroxylation sites is 1. The van der Waals surface area contributed by atoms with Crippen molar-refractivity contribution >= 4 is 17.4 Å². The number of nitrogens with one attached hydrogen (secondary N) is 1. The van der Waals surface area contributed by atoms with E-state index in [-0.39, 0.29) is 0 Å². The second-order valence-electron chi connectivity index (χ2n) is 4.50. The Morgan fingerprint density at radius 2 is 2.06 bits per heavy atom. The third-order valence-electron chi connectivity index (χ3n) is 2.83. The molecule has 1 aromatic carbocycles. The third kappa shape index (κ3) is 4.47. The summed E-state index contributed by atoms with van der Waals surface area (Å²) >= 11 is 1.83. The van der Waals surface area contributed by atoms with Crippen LogP contribution in [0.5, 0.6) is 0 Å². The molecule has 1 rings (SSSR count). The quantitative estimate of drug-likeness (QED) is 0.549. The number of anilines is 1. The molecule has 94 valence electrons. The van der Waals surface area contributed by atoms with E-state index in [0.717, 1.165) is 12.2 Å². The normalized spacial score (nSPS) is 12.5. The van der Waals surface area contributed by atoms with E-state index < -0.39 is 0 Å². The van der Waals surface area contributed by atoms with Crippen LogP contribution in [-0.2, 0) is 0 Å². The molecule has 0 spiro atoms. The lowest BCUT2D eigenvalue weighted by molar-refractivity contribution is 0.510. The van der Waals surface area contributed by atoms with E-state index in [4.69, 9.17) is 0 Å². The molecule has 0 aliphatic rings. The first-order chi connectivity index (χ1) is 8.19. The number of benzene rings is 1. The van der Waals surface area contributed by atoms with Crippen LogP contribution in [0.2, 0.25) is 0 Å². The van der Waals surface area contributed by atoms with Crippen LogP contribution in [0, 0.1) is 5.92 Å². The van der Waals surface area contributed by atoms with E-state index in [9.17, 15) is 0 Å². The first-order valence-electron chi connectivity index (χ1n) is 6.28. The van der Waals surface area contributed by atoms with Gasteiger partial charge in [-0.05, 0) is 24.5 Å². The molecule has 1 atom stereocenters. The van der Waals surface area contributed by atoms with Gasteiger partial charge < -0.3 is 5.32 Å². The highest BCUT2D eigenvalue weighted by Gasteiger charge is 2.12. The van der Waals surface area contributed by atoms with Crippen LogP contribution in [0.1, 0.15) is 27.2 Å². The molecule has 0 saturated heterocycles. The van der Waals surface area contributed by atoms with Gasteiger partial charge in [-0.2, -0.15) is 0 Å². The van der Waals surface area contributed by atoms with E-state index in [2.05, 4.69) is 56.9 Å². The van der Waals surface area contributed by atoms with Gasteiger partial charge >= 0.3 is 0 Å². The van der Waals surface area contributed by atoms with E-state index >= 15 is 0 Å². The molecule has 1 nitrogen and oxygen atoms in total. The molecule has 0 aliphatic heterocycles. The Balaban J connectivity index is 2.77. The predicted octanol–water partition coefficient (Wildman–Crippen LogP) is 4.81. The first kappa shape index (κ1) is 14.2. The van der Waals surface area contributed by atoms with Crippen molar-refractivity contribution in [3.05, 3.63) is 36.9 Å². The monoisotopic (exact) mass is 249 g/mol. The highest BCUT2D eigenvalue weighted by molar-refractivity contribution is 7.99. The van der Waals surface area contributed by atoms with Crippen molar-refractivity contribution < 1.29 is 0 Å². The molecule has 0 saturated carbocycles. The summed E-state index contributed by atoms with van der Waals surface area (Å²) in [7, 11) is 0. The summed E-state index contributed by atoms with van der Waals surface area (Å²) in [5, 5.41) is 3.65. The van der Waals surface area contributed by atoms with Gasteiger partial charge in [0.05, 0.1) is 0 Å². The Hall–Kier alpha value is -0.890. The van der Waals surface area contributed by atoms with Crippen LogP contribution in [0.25, 0.3) is 0 Å². The largest absolute Gasteiger partial charge is 0.381 e. The van der Waals surface area contributed by atoms with E-state index in [0.29, 0.717) is 12.0 Å². The Morgan fingerprint density at radius 1 is 1.35 bits per heavy atom. The zero-order chi connectivity index (χ0) is 12.7. The maximum absolute atomic E-state index is 3.77. The Kier molecular flexibility index (Phi) is 6.20. The highest BCUT2D eigenvalue weighted by atomic mass is 32.2. The molecule has 0 heterocycles. The molecule has 17 heavy (non-hydrogen) atoms. The fourth-order valence-corrected chi connectivity index (χ4v) is 2.55. The summed E-state index contributed by atoms with van der Waals surface area (Å²) in [4.78, 5) is 1.31. The van der Waals surface area contributed by atoms with Crippen molar-refractivity contribution in [2.75, 3.05) is 11.1 Å². The average Bonchev–Trinajstić information content (AvgIpc) is 2.34. The zero-order valence-corrected chi connectivity index (χ0v) is 11.9. The maximum Gasteiger partial charge on any atom is 0.0480 e. The van der Waals surface area contributed by atoms with Gasteiger partial charge in [-0.15, -0.1) is 18.3 Å². The molecule has 0 amide bonds. The highest BCUT2D eigenvalue weighted by Crippen LogP contribution is 2.28. The minimum atomic E-state index is 0.542. The molecule has 1 aromatic rings. The summed E-state index contributed by atoms with van der Waals surface area (Å²) in [5.74, 6) is 1.61. The second kappa shape index (κ2) is 7.44. The van der Waals surface area contributed by atoms with Crippen molar-refractivity contribution in [3.8, 4) is 0 Å². The molecule has 0 radical (unpaired) electrons. The Morgan fingerprint density at radius 3 is 2.65 bits per heavy atom. The number of rotatable bonds is 7. The van der Waals surface area contributed by atoms with Crippen LogP contribution >= 0.6 is 11.8 Å². The molecule has 0 bridgehead atoms. The molecule has 0 aromatic heterocycles. The lowest BCUT2D eigenvalue weighted by Crippen LogP contribution is -2.24. The smallest absolute Gasteiger partial charge is 0.0480 e. The molecule has 0 fully saturated rings. The number of hydrogen-bond donors (Lipinski definition) is 1. The SMILES string of the molecule is C=CCSc1ccccc1NC(CC)C(C)C. The van der Waals surface area contributed by atoms with Gasteiger partial charge in [-0.25, -0.2) is 0 Å². The van der Waals surface area contributed by atoms with Gasteiger partial charge in [0.15, 0.2) is 0 Å². The molecular formula is C15H23NS. The summed E-state index contributed by atoms with van der Waals surface area (Å²) in [6.07, 6.45) is 3.10. The van der Waals surface area contributed by atoms with E-state index in [1.807, 2.05) is 17.8 Å². The minimum absolute atomic E-state index is 0.542. The minimum Gasteiger partial charge on any atom is -0.381 e. The number of thioether (sulfide) groups is 1. The summed E-state index contributed by atoms with van der Waals surface area (Å²) < 4.78 is 0. The van der Waals surface area contributed by atoms with Gasteiger partial charge in [-0.3, -0.25) is 0 Å². The van der Waals surface area contributed by atoms with Gasteiger partial charge in [-0.1, -0.05) is 39.0 Å². The third-order valence-corrected chi connectivity index (χ3v) is 3.90. The van der Waals surface area contributed by atoms with Gasteiger partial charge in [0.1, 0.15) is 0 Å². The Labute approximate surface area is 110 Å². The maximum atomic E-state index is 3.77. The van der Waals surface area contributed by atoms with Crippen LogP contribution in [0.3, 0.4) is 0 Å². The molecule has 1 unspecified atom stereocenters. The van der Waals surface area contributed by atoms with Crippen molar-refractivity contribution in [2.24, 2.45) is 5.92 Å². The van der Waals surface area contributed by atoms with Crippen molar-refractivity contribution in [1.29, 1.82) is 0 Å². The van der Waals surface area contributed by atoms with Gasteiger partial charge in [0.25, 0.3) is 0 Å². The summed E-state index contributed by atoms with van der Waals surface area (Å²) in [6, 6.07) is 9.06. The molecule has 2 heteroatoms. The van der Waals surface area contributed by atoms with E-state index in [1.165, 1.54) is 10.6 Å². The predicted molar refractivity (Wildman–Crippen MR) is 79.9 cm³/mol. The number of hydrogen-bond acceptors (Lipinski definition) is 2. The van der Waals surface area contributed by atoms with Crippen LogP contribution in [-0.4, -0.2) is 11.8 Å². The Bertz CT molecular complexity index is 347.